The van der Waals surface area contributed by atoms with Gasteiger partial charge in [-0.1, -0.05) is 91.0 Å². The van der Waals surface area contributed by atoms with Gasteiger partial charge in [0.15, 0.2) is 6.29 Å². The number of ether oxygens (including phenoxy) is 3. The van der Waals surface area contributed by atoms with E-state index in [0.29, 0.717) is 13.2 Å². The predicted molar refractivity (Wildman–Crippen MR) is 119 cm³/mol. The van der Waals surface area contributed by atoms with Crippen molar-refractivity contribution in [3.63, 3.8) is 0 Å². The second-order valence-corrected chi connectivity index (χ2v) is 10.1. The number of aliphatic hydroxyl groups excluding tert-OH is 1. The van der Waals surface area contributed by atoms with Crippen LogP contribution in [0, 0.1) is 0 Å². The number of rotatable bonds is 4. The average Bonchev–Trinajstić information content (AvgIpc) is 2.83. The van der Waals surface area contributed by atoms with Crippen molar-refractivity contribution in [2.24, 2.45) is 0 Å². The Bertz CT molecular complexity index is 898. The Hall–Kier alpha value is -2.07. The molecule has 5 rings (SSSR count). The highest BCUT2D eigenvalue weighted by atomic mass is 31.1. The molecule has 0 aromatic heterocycles. The zero-order chi connectivity index (χ0) is 20.3. The van der Waals surface area contributed by atoms with Gasteiger partial charge in [-0.25, -0.2) is 0 Å². The highest BCUT2D eigenvalue weighted by molar-refractivity contribution is 7.73. The molecule has 1 N–H and O–H groups in total. The number of hydrogen-bond donors (Lipinski definition) is 1. The molecule has 5 heteroatoms. The van der Waals surface area contributed by atoms with Crippen molar-refractivity contribution in [2.75, 3.05) is 13.2 Å². The molecule has 4 nitrogen and oxygen atoms in total. The van der Waals surface area contributed by atoms with Gasteiger partial charge in [0.25, 0.3) is 0 Å². The largest absolute Gasteiger partial charge is 0.390 e. The van der Waals surface area contributed by atoms with E-state index in [1.54, 1.807) is 0 Å². The van der Waals surface area contributed by atoms with Gasteiger partial charge >= 0.3 is 0 Å². The van der Waals surface area contributed by atoms with Crippen molar-refractivity contribution < 1.29 is 19.3 Å². The predicted octanol–water partition coefficient (Wildman–Crippen LogP) is 3.36. The fourth-order valence-corrected chi connectivity index (χ4v) is 7.01. The Balaban J connectivity index is 1.44. The van der Waals surface area contributed by atoms with Crippen molar-refractivity contribution >= 4 is 18.5 Å². The average molecular weight is 420 g/mol. The Morgan fingerprint density at radius 2 is 1.27 bits per heavy atom. The maximum atomic E-state index is 11.5. The monoisotopic (exact) mass is 420 g/mol. The first-order valence-electron chi connectivity index (χ1n) is 10.3. The lowest BCUT2D eigenvalue weighted by Crippen LogP contribution is -2.58. The minimum atomic E-state index is -0.805. The number of aliphatic hydroxyl groups is 1. The standard InChI is InChI=1S/C25H25O4P/c26-23-22(30(19-12-6-2-7-13-19)20-14-8-3-9-15-20)17-27-21-16-28-25(29-24(21)23)18-10-4-1-5-11-18/h1-15,21-26H,16-17H2/t21-,22-,23+,24-,25?/m1/s1. The molecule has 2 fully saturated rings. The van der Waals surface area contributed by atoms with Crippen LogP contribution in [0.1, 0.15) is 11.9 Å². The maximum absolute atomic E-state index is 11.5. The number of hydrogen-bond acceptors (Lipinski definition) is 4. The van der Waals surface area contributed by atoms with E-state index < -0.39 is 26.4 Å². The fraction of sp³-hybridized carbons (Fsp3) is 0.280. The normalized spacial score (nSPS) is 28.8. The quantitative estimate of drug-likeness (QED) is 0.658. The van der Waals surface area contributed by atoms with Crippen molar-refractivity contribution in [3.05, 3.63) is 96.6 Å². The van der Waals surface area contributed by atoms with E-state index >= 15 is 0 Å². The van der Waals surface area contributed by atoms with E-state index in [1.165, 1.54) is 10.6 Å². The molecule has 0 spiro atoms. The minimum Gasteiger partial charge on any atom is -0.390 e. The molecule has 5 atom stereocenters. The Morgan fingerprint density at radius 1 is 0.700 bits per heavy atom. The van der Waals surface area contributed by atoms with Gasteiger partial charge in [-0.2, -0.15) is 0 Å². The van der Waals surface area contributed by atoms with E-state index in [2.05, 4.69) is 48.5 Å². The summed E-state index contributed by atoms with van der Waals surface area (Å²) in [5, 5.41) is 13.9. The summed E-state index contributed by atoms with van der Waals surface area (Å²) in [6.45, 7) is 0.906. The van der Waals surface area contributed by atoms with Gasteiger partial charge in [0.05, 0.1) is 19.3 Å². The van der Waals surface area contributed by atoms with Crippen LogP contribution >= 0.6 is 7.92 Å². The summed E-state index contributed by atoms with van der Waals surface area (Å²) in [5.74, 6) is 0. The number of fused-ring (bicyclic) bond motifs is 1. The molecule has 0 bridgehead atoms. The molecule has 30 heavy (non-hydrogen) atoms. The summed E-state index contributed by atoms with van der Waals surface area (Å²) >= 11 is 0. The van der Waals surface area contributed by atoms with Gasteiger partial charge in [0.2, 0.25) is 0 Å². The topological polar surface area (TPSA) is 47.9 Å². The molecule has 2 aliphatic heterocycles. The van der Waals surface area contributed by atoms with E-state index in [0.717, 1.165) is 5.56 Å². The molecule has 0 radical (unpaired) electrons. The first-order valence-corrected chi connectivity index (χ1v) is 11.7. The molecule has 3 aromatic carbocycles. The second kappa shape index (κ2) is 8.97. The lowest BCUT2D eigenvalue weighted by molar-refractivity contribution is -0.297. The van der Waals surface area contributed by atoms with Crippen LogP contribution in [0.25, 0.3) is 0 Å². The second-order valence-electron chi connectivity index (χ2n) is 7.65. The minimum absolute atomic E-state index is 0.0550. The molecule has 154 valence electrons. The zero-order valence-corrected chi connectivity index (χ0v) is 17.5. The van der Waals surface area contributed by atoms with Crippen LogP contribution in [-0.4, -0.2) is 42.3 Å². The highest BCUT2D eigenvalue weighted by Crippen LogP contribution is 2.46. The molecule has 3 aromatic rings. The molecular weight excluding hydrogens is 395 g/mol. The van der Waals surface area contributed by atoms with E-state index in [-0.39, 0.29) is 11.8 Å². The van der Waals surface area contributed by atoms with Gasteiger partial charge in [-0.05, 0) is 18.5 Å². The van der Waals surface area contributed by atoms with Crippen molar-refractivity contribution in [1.29, 1.82) is 0 Å². The van der Waals surface area contributed by atoms with Crippen molar-refractivity contribution in [2.45, 2.75) is 30.3 Å². The lowest BCUT2D eigenvalue weighted by atomic mass is 10.0. The third-order valence-corrected chi connectivity index (χ3v) is 8.57. The van der Waals surface area contributed by atoms with E-state index in [1.807, 2.05) is 42.5 Å². The fourth-order valence-electron chi connectivity index (χ4n) is 4.25. The molecule has 2 heterocycles. The SMILES string of the molecule is O[C@@H]1[C@@H]2OC(c3ccccc3)OC[C@H]2OC[C@H]1P(c1ccccc1)c1ccccc1. The highest BCUT2D eigenvalue weighted by Gasteiger charge is 2.47. The van der Waals surface area contributed by atoms with E-state index in [9.17, 15) is 5.11 Å². The summed E-state index contributed by atoms with van der Waals surface area (Å²) in [4.78, 5) is 0. The summed E-state index contributed by atoms with van der Waals surface area (Å²) in [5.41, 5.74) is 0.902. The smallest absolute Gasteiger partial charge is 0.184 e. The molecule has 2 aliphatic rings. The summed E-state index contributed by atoms with van der Waals surface area (Å²) < 4.78 is 18.3. The van der Waals surface area contributed by atoms with Gasteiger partial charge in [-0.15, -0.1) is 0 Å². The molecule has 0 aliphatic carbocycles. The van der Waals surface area contributed by atoms with Crippen molar-refractivity contribution in [1.82, 2.24) is 0 Å². The van der Waals surface area contributed by atoms with Crippen LogP contribution in [0.5, 0.6) is 0 Å². The molecular formula is C25H25O4P. The zero-order valence-electron chi connectivity index (χ0n) is 16.6. The Labute approximate surface area is 178 Å². The van der Waals surface area contributed by atoms with Crippen LogP contribution in [-0.2, 0) is 14.2 Å². The molecule has 0 saturated carbocycles. The van der Waals surface area contributed by atoms with Gasteiger partial charge in [-0.3, -0.25) is 0 Å². The third kappa shape index (κ3) is 3.94. The van der Waals surface area contributed by atoms with Gasteiger partial charge < -0.3 is 19.3 Å². The van der Waals surface area contributed by atoms with Crippen LogP contribution in [0.3, 0.4) is 0 Å². The van der Waals surface area contributed by atoms with Gasteiger partial charge in [0, 0.05) is 11.2 Å². The van der Waals surface area contributed by atoms with Crippen LogP contribution in [0.4, 0.5) is 0 Å². The first kappa shape index (κ1) is 19.9. The van der Waals surface area contributed by atoms with Gasteiger partial charge in [0.1, 0.15) is 12.2 Å². The first-order chi connectivity index (χ1) is 14.8. The lowest BCUT2D eigenvalue weighted by Gasteiger charge is -2.46. The third-order valence-electron chi connectivity index (χ3n) is 5.74. The molecule has 2 saturated heterocycles. The molecule has 1 unspecified atom stereocenters. The van der Waals surface area contributed by atoms with Crippen molar-refractivity contribution in [3.8, 4) is 0 Å². The van der Waals surface area contributed by atoms with Crippen LogP contribution in [0.2, 0.25) is 0 Å². The Morgan fingerprint density at radius 3 is 1.87 bits per heavy atom. The van der Waals surface area contributed by atoms with Crippen LogP contribution in [0.15, 0.2) is 91.0 Å². The molecule has 0 amide bonds. The van der Waals surface area contributed by atoms with Crippen LogP contribution < -0.4 is 10.6 Å². The summed E-state index contributed by atoms with van der Waals surface area (Å²) in [6, 6.07) is 30.8. The van der Waals surface area contributed by atoms with E-state index in [4.69, 9.17) is 14.2 Å². The number of benzene rings is 3. The summed E-state index contributed by atoms with van der Waals surface area (Å²) in [6.07, 6.45) is -1.78. The maximum Gasteiger partial charge on any atom is 0.184 e. The Kier molecular flexibility index (Phi) is 5.94. The summed E-state index contributed by atoms with van der Waals surface area (Å²) in [7, 11) is -0.805.